The van der Waals surface area contributed by atoms with Gasteiger partial charge in [0, 0.05) is 11.9 Å². The SMILES string of the molecule is CC(=O)O[C@]12CCC(C(C)(C)C)C[C@H]1O[C@@H]2c1cccc(Cl)c1. The fourth-order valence-electron chi connectivity index (χ4n) is 4.07. The van der Waals surface area contributed by atoms with E-state index in [-0.39, 0.29) is 23.6 Å². The van der Waals surface area contributed by atoms with Crippen LogP contribution in [0.1, 0.15) is 58.6 Å². The van der Waals surface area contributed by atoms with Crippen molar-refractivity contribution in [3.8, 4) is 0 Å². The van der Waals surface area contributed by atoms with Crippen LogP contribution in [-0.2, 0) is 14.3 Å². The van der Waals surface area contributed by atoms with Gasteiger partial charge in [-0.3, -0.25) is 4.79 Å². The lowest BCUT2D eigenvalue weighted by Gasteiger charge is -2.59. The molecule has 0 aromatic heterocycles. The topological polar surface area (TPSA) is 35.5 Å². The van der Waals surface area contributed by atoms with Crippen LogP contribution < -0.4 is 0 Å². The van der Waals surface area contributed by atoms with E-state index in [0.717, 1.165) is 24.8 Å². The van der Waals surface area contributed by atoms with Crippen molar-refractivity contribution in [3.05, 3.63) is 34.9 Å². The molecule has 3 rings (SSSR count). The third-order valence-electron chi connectivity index (χ3n) is 5.38. The van der Waals surface area contributed by atoms with Crippen molar-refractivity contribution in [3.63, 3.8) is 0 Å². The summed E-state index contributed by atoms with van der Waals surface area (Å²) in [4.78, 5) is 11.7. The molecule has 1 aliphatic carbocycles. The molecule has 1 aromatic rings. The number of halogens is 1. The molecule has 2 fully saturated rings. The number of benzene rings is 1. The summed E-state index contributed by atoms with van der Waals surface area (Å²) in [6.45, 7) is 8.28. The predicted octanol–water partition coefficient (Wildman–Crippen LogP) is 4.93. The van der Waals surface area contributed by atoms with Gasteiger partial charge in [-0.05, 0) is 48.3 Å². The van der Waals surface area contributed by atoms with Gasteiger partial charge in [-0.25, -0.2) is 0 Å². The van der Waals surface area contributed by atoms with E-state index in [1.165, 1.54) is 6.92 Å². The Labute approximate surface area is 143 Å². The number of hydrogen-bond donors (Lipinski definition) is 0. The molecule has 0 bridgehead atoms. The minimum atomic E-state index is -0.529. The Morgan fingerprint density at radius 3 is 2.70 bits per heavy atom. The summed E-state index contributed by atoms with van der Waals surface area (Å²) in [6, 6.07) is 7.66. The van der Waals surface area contributed by atoms with Crippen LogP contribution in [0.15, 0.2) is 24.3 Å². The van der Waals surface area contributed by atoms with E-state index >= 15 is 0 Å². The summed E-state index contributed by atoms with van der Waals surface area (Å²) in [6.07, 6.45) is 2.60. The monoisotopic (exact) mass is 336 g/mol. The van der Waals surface area contributed by atoms with Gasteiger partial charge < -0.3 is 9.47 Å². The number of hydrogen-bond acceptors (Lipinski definition) is 3. The Kier molecular flexibility index (Phi) is 4.22. The Balaban J connectivity index is 1.87. The minimum Gasteiger partial charge on any atom is -0.453 e. The molecule has 1 saturated carbocycles. The van der Waals surface area contributed by atoms with Crippen LogP contribution in [0.25, 0.3) is 0 Å². The fourth-order valence-corrected chi connectivity index (χ4v) is 4.27. The van der Waals surface area contributed by atoms with Gasteiger partial charge in [-0.15, -0.1) is 0 Å². The van der Waals surface area contributed by atoms with Crippen molar-refractivity contribution in [1.82, 2.24) is 0 Å². The first-order chi connectivity index (χ1) is 10.7. The Hall–Kier alpha value is -1.06. The lowest BCUT2D eigenvalue weighted by molar-refractivity contribution is -0.321. The van der Waals surface area contributed by atoms with Crippen molar-refractivity contribution < 1.29 is 14.3 Å². The van der Waals surface area contributed by atoms with E-state index in [0.29, 0.717) is 10.9 Å². The van der Waals surface area contributed by atoms with Crippen molar-refractivity contribution >= 4 is 17.6 Å². The molecule has 0 amide bonds. The molecular weight excluding hydrogens is 312 g/mol. The lowest BCUT2D eigenvalue weighted by Crippen LogP contribution is -2.65. The number of ether oxygens (including phenoxy) is 2. The number of carbonyl (C=O) groups is 1. The summed E-state index contributed by atoms with van der Waals surface area (Å²) < 4.78 is 12.0. The van der Waals surface area contributed by atoms with Gasteiger partial charge in [0.05, 0.1) is 0 Å². The first kappa shape index (κ1) is 16.8. The number of esters is 1. The molecule has 1 aromatic carbocycles. The normalized spacial score (nSPS) is 33.5. The average molecular weight is 337 g/mol. The maximum absolute atomic E-state index is 11.7. The summed E-state index contributed by atoms with van der Waals surface area (Å²) in [7, 11) is 0. The third kappa shape index (κ3) is 3.01. The molecule has 1 saturated heterocycles. The molecule has 1 aliphatic heterocycles. The van der Waals surface area contributed by atoms with Crippen LogP contribution in [0.2, 0.25) is 5.02 Å². The smallest absolute Gasteiger partial charge is 0.303 e. The maximum atomic E-state index is 11.7. The quantitative estimate of drug-likeness (QED) is 0.718. The minimum absolute atomic E-state index is 0.0200. The third-order valence-corrected chi connectivity index (χ3v) is 5.62. The molecule has 0 radical (unpaired) electrons. The second kappa shape index (κ2) is 5.78. The van der Waals surface area contributed by atoms with E-state index in [2.05, 4.69) is 20.8 Å². The van der Waals surface area contributed by atoms with Gasteiger partial charge in [-0.2, -0.15) is 0 Å². The van der Waals surface area contributed by atoms with E-state index in [1.807, 2.05) is 24.3 Å². The summed E-state index contributed by atoms with van der Waals surface area (Å²) in [5.41, 5.74) is 0.703. The first-order valence-electron chi connectivity index (χ1n) is 8.33. The van der Waals surface area contributed by atoms with Crippen LogP contribution in [0.5, 0.6) is 0 Å². The largest absolute Gasteiger partial charge is 0.453 e. The second-order valence-electron chi connectivity index (χ2n) is 7.95. The highest BCUT2D eigenvalue weighted by Crippen LogP contribution is 2.57. The lowest BCUT2D eigenvalue weighted by atomic mass is 9.62. The Bertz CT molecular complexity index is 607. The second-order valence-corrected chi connectivity index (χ2v) is 8.38. The molecule has 3 nitrogen and oxygen atoms in total. The van der Waals surface area contributed by atoms with Crippen molar-refractivity contribution in [1.29, 1.82) is 0 Å². The number of rotatable bonds is 2. The number of fused-ring (bicyclic) bond motifs is 1. The van der Waals surface area contributed by atoms with Crippen LogP contribution >= 0.6 is 11.6 Å². The molecule has 23 heavy (non-hydrogen) atoms. The van der Waals surface area contributed by atoms with Crippen LogP contribution in [0.4, 0.5) is 0 Å². The molecule has 0 spiro atoms. The Morgan fingerprint density at radius 1 is 1.39 bits per heavy atom. The van der Waals surface area contributed by atoms with E-state index in [1.54, 1.807) is 0 Å². The van der Waals surface area contributed by atoms with Gasteiger partial charge in [0.1, 0.15) is 12.2 Å². The standard InChI is InChI=1S/C19H25ClO3/c1-12(21)23-19-9-8-14(18(2,3)4)11-16(19)22-17(19)13-6-5-7-15(20)10-13/h5-7,10,14,16-17H,8-9,11H2,1-4H3/t14?,16-,17-,19-/m1/s1. The molecule has 1 heterocycles. The van der Waals surface area contributed by atoms with Crippen molar-refractivity contribution in [2.24, 2.45) is 11.3 Å². The zero-order chi connectivity index (χ0) is 16.8. The fraction of sp³-hybridized carbons (Fsp3) is 0.632. The molecule has 2 aliphatic rings. The highest BCUT2D eigenvalue weighted by molar-refractivity contribution is 6.30. The maximum Gasteiger partial charge on any atom is 0.303 e. The summed E-state index contributed by atoms with van der Waals surface area (Å²) in [5, 5.41) is 0.677. The highest BCUT2D eigenvalue weighted by Gasteiger charge is 2.63. The van der Waals surface area contributed by atoms with Gasteiger partial charge >= 0.3 is 5.97 Å². The zero-order valence-electron chi connectivity index (χ0n) is 14.3. The van der Waals surface area contributed by atoms with E-state index in [4.69, 9.17) is 21.1 Å². The predicted molar refractivity (Wildman–Crippen MR) is 90.4 cm³/mol. The van der Waals surface area contributed by atoms with Gasteiger partial charge in [0.15, 0.2) is 5.60 Å². The van der Waals surface area contributed by atoms with E-state index < -0.39 is 5.60 Å². The van der Waals surface area contributed by atoms with Crippen molar-refractivity contribution in [2.75, 3.05) is 0 Å². The summed E-state index contributed by atoms with van der Waals surface area (Å²) >= 11 is 6.12. The zero-order valence-corrected chi connectivity index (χ0v) is 15.0. The molecule has 4 heteroatoms. The molecular formula is C19H25ClO3. The first-order valence-corrected chi connectivity index (χ1v) is 8.71. The van der Waals surface area contributed by atoms with Gasteiger partial charge in [-0.1, -0.05) is 44.5 Å². The highest BCUT2D eigenvalue weighted by atomic mass is 35.5. The van der Waals surface area contributed by atoms with Gasteiger partial charge in [0.2, 0.25) is 0 Å². The average Bonchev–Trinajstić information content (AvgIpc) is 2.41. The van der Waals surface area contributed by atoms with Crippen LogP contribution in [0, 0.1) is 11.3 Å². The molecule has 4 atom stereocenters. The molecule has 0 N–H and O–H groups in total. The van der Waals surface area contributed by atoms with Gasteiger partial charge in [0.25, 0.3) is 0 Å². The van der Waals surface area contributed by atoms with Crippen LogP contribution in [-0.4, -0.2) is 17.7 Å². The molecule has 1 unspecified atom stereocenters. The van der Waals surface area contributed by atoms with Crippen molar-refractivity contribution in [2.45, 2.75) is 64.8 Å². The number of carbonyl (C=O) groups excluding carboxylic acids is 1. The van der Waals surface area contributed by atoms with E-state index in [9.17, 15) is 4.79 Å². The molecule has 126 valence electrons. The Morgan fingerprint density at radius 2 is 2.13 bits per heavy atom. The van der Waals surface area contributed by atoms with Crippen LogP contribution in [0.3, 0.4) is 0 Å². The summed E-state index contributed by atoms with van der Waals surface area (Å²) in [5.74, 6) is 0.344.